The van der Waals surface area contributed by atoms with E-state index in [-0.39, 0.29) is 13.8 Å². The van der Waals surface area contributed by atoms with Crippen LogP contribution in [-0.4, -0.2) is 75.0 Å². The minimum atomic E-state index is -9.07. The standard InChI is InChI=1S/C9H11.3C3HF6O.Sn/c1-8(2)9-6-4-3-5-7-9;3*4-2(5,6)1(10)3(7,8)9;/h3-7H,1-2H3;3*1H;/q;3*-1;+3. The zero-order valence-corrected chi connectivity index (χ0v) is 22.0. The van der Waals surface area contributed by atoms with Crippen molar-refractivity contribution in [2.45, 2.75) is 72.6 Å². The van der Waals surface area contributed by atoms with Crippen molar-refractivity contribution in [3.63, 3.8) is 0 Å². The summed E-state index contributed by atoms with van der Waals surface area (Å²) in [6.07, 6.45) is -57.8. The van der Waals surface area contributed by atoms with Crippen molar-refractivity contribution < 1.29 is 88.2 Å². The Labute approximate surface area is 216 Å². The number of halogens is 18. The molecule has 1 rings (SSSR count). The van der Waals surface area contributed by atoms with Crippen LogP contribution in [0.1, 0.15) is 19.4 Å². The Bertz CT molecular complexity index is 833. The van der Waals surface area contributed by atoms with Crippen LogP contribution in [0, 0.1) is 0 Å². The van der Waals surface area contributed by atoms with Crippen molar-refractivity contribution in [1.29, 1.82) is 0 Å². The summed E-state index contributed by atoms with van der Waals surface area (Å²) in [5.41, 5.74) is -0.986. The second-order valence-corrected chi connectivity index (χ2v) is 17.1. The third kappa shape index (κ3) is 8.82. The normalized spacial score (nSPS) is 15.5. The van der Waals surface area contributed by atoms with E-state index in [1.165, 1.54) is 0 Å². The van der Waals surface area contributed by atoms with Crippen molar-refractivity contribution in [3.8, 4) is 0 Å². The molecule has 0 fully saturated rings. The molecule has 0 bridgehead atoms. The molecule has 22 heteroatoms. The number of hydrogen-bond donors (Lipinski definition) is 0. The maximum absolute atomic E-state index is 13.3. The van der Waals surface area contributed by atoms with Crippen LogP contribution in [0.2, 0.25) is 0 Å². The molecule has 0 aromatic heterocycles. The predicted molar refractivity (Wildman–Crippen MR) is 96.2 cm³/mol. The minimum absolute atomic E-state index is 0.121. The summed E-state index contributed by atoms with van der Waals surface area (Å²) in [4.78, 5) is 0. The molecule has 0 N–H and O–H groups in total. The first-order valence-electron chi connectivity index (χ1n) is 9.86. The summed E-state index contributed by atoms with van der Waals surface area (Å²) in [6.45, 7) is 0.242. The van der Waals surface area contributed by atoms with Gasteiger partial charge in [-0.2, -0.15) is 0 Å². The fourth-order valence-electron chi connectivity index (χ4n) is 2.98. The van der Waals surface area contributed by atoms with Crippen molar-refractivity contribution in [1.82, 2.24) is 0 Å². The third-order valence-electron chi connectivity index (χ3n) is 4.86. The van der Waals surface area contributed by atoms with E-state index in [1.807, 2.05) is 0 Å². The summed E-state index contributed by atoms with van der Waals surface area (Å²) >= 11 is -9.07. The quantitative estimate of drug-likeness (QED) is 0.200. The van der Waals surface area contributed by atoms with Gasteiger partial charge >= 0.3 is 216 Å². The first-order valence-corrected chi connectivity index (χ1v) is 14.8. The van der Waals surface area contributed by atoms with Crippen molar-refractivity contribution in [3.05, 3.63) is 35.9 Å². The second-order valence-electron chi connectivity index (χ2n) is 8.29. The Morgan fingerprint density at radius 2 is 0.675 bits per heavy atom. The first kappa shape index (κ1) is 36.7. The summed E-state index contributed by atoms with van der Waals surface area (Å²) in [5, 5.41) is 0. The molecular weight excluding hydrogens is 725 g/mol. The third-order valence-corrected chi connectivity index (χ3v) is 14.7. The van der Waals surface area contributed by atoms with Crippen LogP contribution in [0.15, 0.2) is 30.3 Å². The molecule has 1 aromatic carbocycles. The first-order chi connectivity index (χ1) is 17.4. The van der Waals surface area contributed by atoms with Crippen LogP contribution in [0.25, 0.3) is 0 Å². The Hall–Kier alpha value is -1.36. The number of alkyl halides is 18. The second kappa shape index (κ2) is 11.4. The van der Waals surface area contributed by atoms with Crippen LogP contribution in [-0.2, 0) is 12.7 Å². The SMILES string of the molecule is C[C](C)(c1ccccc1)[Sn]([O]C(C(F)(F)F)C(F)(F)F)([O]C(C(F)(F)F)C(F)(F)F)[O]C(C(F)(F)F)C(F)(F)F. The van der Waals surface area contributed by atoms with E-state index in [9.17, 15) is 79.0 Å². The topological polar surface area (TPSA) is 27.7 Å². The Balaban J connectivity index is 4.31. The van der Waals surface area contributed by atoms with Gasteiger partial charge in [0.2, 0.25) is 0 Å². The van der Waals surface area contributed by atoms with Gasteiger partial charge in [0.1, 0.15) is 0 Å². The van der Waals surface area contributed by atoms with Gasteiger partial charge in [0, 0.05) is 0 Å². The van der Waals surface area contributed by atoms with Crippen LogP contribution in [0.3, 0.4) is 0 Å². The Kier molecular flexibility index (Phi) is 10.4. The van der Waals surface area contributed by atoms with Gasteiger partial charge in [-0.25, -0.2) is 0 Å². The molecule has 0 heterocycles. The van der Waals surface area contributed by atoms with Gasteiger partial charge < -0.3 is 0 Å². The van der Waals surface area contributed by atoms with Crippen molar-refractivity contribution in [2.24, 2.45) is 0 Å². The van der Waals surface area contributed by atoms with Gasteiger partial charge in [0.05, 0.1) is 0 Å². The molecule has 0 atom stereocenters. The molecule has 0 amide bonds. The number of hydrogen-bond acceptors (Lipinski definition) is 3. The molecule has 234 valence electrons. The van der Waals surface area contributed by atoms with E-state index in [0.717, 1.165) is 18.2 Å². The summed E-state index contributed by atoms with van der Waals surface area (Å²) in [7, 11) is 0. The van der Waals surface area contributed by atoms with Crippen molar-refractivity contribution >= 4 is 19.6 Å². The van der Waals surface area contributed by atoms with E-state index in [2.05, 4.69) is 9.22 Å². The van der Waals surface area contributed by atoms with E-state index >= 15 is 0 Å². The van der Waals surface area contributed by atoms with E-state index < -0.39 is 84.0 Å². The molecule has 1 aromatic rings. The van der Waals surface area contributed by atoms with Crippen LogP contribution in [0.4, 0.5) is 79.0 Å². The zero-order valence-electron chi connectivity index (χ0n) is 19.1. The van der Waals surface area contributed by atoms with Gasteiger partial charge in [-0.1, -0.05) is 0 Å². The molecule has 3 nitrogen and oxygen atoms in total. The maximum atomic E-state index is 13.3. The number of rotatable bonds is 8. The monoisotopic (exact) mass is 740 g/mol. The molecule has 0 aliphatic heterocycles. The van der Waals surface area contributed by atoms with Crippen LogP contribution < -0.4 is 0 Å². The Morgan fingerprint density at radius 3 is 0.875 bits per heavy atom. The molecular formula is C18H14F18O3Sn. The summed E-state index contributed by atoms with van der Waals surface area (Å²) in [6, 6.07) is 3.70. The molecule has 0 saturated carbocycles. The van der Waals surface area contributed by atoms with Gasteiger partial charge in [-0.05, 0) is 0 Å². The van der Waals surface area contributed by atoms with E-state index in [0.29, 0.717) is 12.1 Å². The zero-order chi connectivity index (χ0) is 32.0. The average Bonchev–Trinajstić information content (AvgIpc) is 2.68. The molecule has 0 unspecified atom stereocenters. The summed E-state index contributed by atoms with van der Waals surface area (Å²) < 4.78 is 247. The fourth-order valence-corrected chi connectivity index (χ4v) is 12.4. The summed E-state index contributed by atoms with van der Waals surface area (Å²) in [5.74, 6) is 0. The van der Waals surface area contributed by atoms with E-state index in [4.69, 9.17) is 0 Å². The average molecular weight is 739 g/mol. The van der Waals surface area contributed by atoms with E-state index in [1.54, 1.807) is 0 Å². The van der Waals surface area contributed by atoms with Crippen molar-refractivity contribution in [2.75, 3.05) is 0 Å². The van der Waals surface area contributed by atoms with Crippen LogP contribution in [0.5, 0.6) is 0 Å². The predicted octanol–water partition coefficient (Wildman–Crippen LogP) is 7.97. The van der Waals surface area contributed by atoms with Gasteiger partial charge in [-0.3, -0.25) is 0 Å². The molecule has 0 aliphatic carbocycles. The fraction of sp³-hybridized carbons (Fsp3) is 0.667. The number of benzene rings is 1. The van der Waals surface area contributed by atoms with Gasteiger partial charge in [-0.15, -0.1) is 0 Å². The molecule has 0 radical (unpaired) electrons. The van der Waals surface area contributed by atoms with Gasteiger partial charge in [0.15, 0.2) is 0 Å². The molecule has 0 aliphatic rings. The Morgan fingerprint density at radius 1 is 0.450 bits per heavy atom. The molecule has 40 heavy (non-hydrogen) atoms. The van der Waals surface area contributed by atoms with Gasteiger partial charge in [0.25, 0.3) is 0 Å². The molecule has 0 saturated heterocycles. The molecule has 0 spiro atoms. The van der Waals surface area contributed by atoms with Crippen LogP contribution >= 0.6 is 0 Å².